The summed E-state index contributed by atoms with van der Waals surface area (Å²) in [6, 6.07) is 5.57. The molecule has 122 valence electrons. The summed E-state index contributed by atoms with van der Waals surface area (Å²) in [6.45, 7) is 0. The monoisotopic (exact) mass is 323 g/mol. The van der Waals surface area contributed by atoms with Gasteiger partial charge >= 0.3 is 0 Å². The summed E-state index contributed by atoms with van der Waals surface area (Å²) in [6.07, 6.45) is 8.23. The average Bonchev–Trinajstić information content (AvgIpc) is 3.17. The van der Waals surface area contributed by atoms with Crippen LogP contribution in [-0.2, 0) is 12.8 Å². The molecule has 0 radical (unpaired) electrons. The number of nitrogens with one attached hydrogen (secondary N) is 2. The lowest BCUT2D eigenvalue weighted by Gasteiger charge is -2.05. The Morgan fingerprint density at radius 2 is 2.12 bits per heavy atom. The van der Waals surface area contributed by atoms with E-state index in [0.29, 0.717) is 22.8 Å². The number of aryl methyl sites for hydroxylation is 1. The average molecular weight is 323 g/mol. The number of amides is 1. The number of pyridine rings is 1. The first-order chi connectivity index (χ1) is 11.8. The van der Waals surface area contributed by atoms with Gasteiger partial charge in [0.2, 0.25) is 0 Å². The molecule has 1 aliphatic carbocycles. The highest BCUT2D eigenvalue weighted by molar-refractivity contribution is 6.05. The number of nitrogens with zero attached hydrogens (tertiary/aromatic N) is 3. The Kier molecular flexibility index (Phi) is 3.82. The van der Waals surface area contributed by atoms with E-state index in [9.17, 15) is 4.79 Å². The minimum absolute atomic E-state index is 0.277. The number of rotatable bonds is 3. The van der Waals surface area contributed by atoms with Crippen LogP contribution in [0.25, 0.3) is 11.4 Å². The normalized spacial score (nSPS) is 14.0. The molecule has 0 fully saturated rings. The van der Waals surface area contributed by atoms with Crippen molar-refractivity contribution in [3.8, 4) is 11.4 Å². The first kappa shape index (κ1) is 14.6. The highest BCUT2D eigenvalue weighted by Crippen LogP contribution is 2.26. The number of hydrogen-bond donors (Lipinski definition) is 2. The minimum atomic E-state index is -0.277. The zero-order valence-corrected chi connectivity index (χ0v) is 13.1. The van der Waals surface area contributed by atoms with Crippen molar-refractivity contribution in [3.63, 3.8) is 0 Å². The molecule has 0 saturated heterocycles. The van der Waals surface area contributed by atoms with Crippen LogP contribution in [0.3, 0.4) is 0 Å². The number of aromatic nitrogens is 4. The Morgan fingerprint density at radius 3 is 3.00 bits per heavy atom. The summed E-state index contributed by atoms with van der Waals surface area (Å²) >= 11 is 0. The van der Waals surface area contributed by atoms with E-state index in [0.717, 1.165) is 43.4 Å². The molecular formula is C17H17N5O2. The molecule has 3 aromatic rings. The van der Waals surface area contributed by atoms with Crippen molar-refractivity contribution in [1.29, 1.82) is 0 Å². The maximum atomic E-state index is 12.6. The quantitative estimate of drug-likeness (QED) is 0.722. The first-order valence-corrected chi connectivity index (χ1v) is 8.06. The van der Waals surface area contributed by atoms with Gasteiger partial charge in [-0.05, 0) is 31.4 Å². The largest absolute Gasteiger partial charge is 0.360 e. The van der Waals surface area contributed by atoms with Crippen molar-refractivity contribution in [2.45, 2.75) is 32.1 Å². The van der Waals surface area contributed by atoms with Gasteiger partial charge in [-0.3, -0.25) is 14.9 Å². The van der Waals surface area contributed by atoms with Gasteiger partial charge in [0, 0.05) is 18.2 Å². The predicted octanol–water partition coefficient (Wildman–Crippen LogP) is 2.98. The zero-order valence-electron chi connectivity index (χ0n) is 13.1. The Labute approximate surface area is 138 Å². The van der Waals surface area contributed by atoms with E-state index < -0.39 is 0 Å². The van der Waals surface area contributed by atoms with E-state index in [1.807, 2.05) is 18.2 Å². The van der Waals surface area contributed by atoms with Gasteiger partial charge in [0.05, 0.1) is 17.6 Å². The van der Waals surface area contributed by atoms with Gasteiger partial charge in [-0.15, -0.1) is 0 Å². The third kappa shape index (κ3) is 2.68. The first-order valence-electron chi connectivity index (χ1n) is 8.06. The summed E-state index contributed by atoms with van der Waals surface area (Å²) < 4.78 is 5.38. The summed E-state index contributed by atoms with van der Waals surface area (Å²) in [5.74, 6) is 0.565. The number of aromatic amines is 1. The fourth-order valence-electron chi connectivity index (χ4n) is 3.01. The lowest BCUT2D eigenvalue weighted by atomic mass is 10.1. The third-order valence-corrected chi connectivity index (χ3v) is 4.22. The fraction of sp³-hybridized carbons (Fsp3) is 0.294. The molecule has 24 heavy (non-hydrogen) atoms. The fourth-order valence-corrected chi connectivity index (χ4v) is 3.01. The number of H-pyrrole nitrogens is 1. The van der Waals surface area contributed by atoms with Crippen LogP contribution in [0.15, 0.2) is 35.1 Å². The molecule has 3 heterocycles. The molecule has 7 heteroatoms. The molecular weight excluding hydrogens is 306 g/mol. The van der Waals surface area contributed by atoms with Gasteiger partial charge in [-0.25, -0.2) is 0 Å². The van der Waals surface area contributed by atoms with Crippen molar-refractivity contribution < 1.29 is 9.32 Å². The summed E-state index contributed by atoms with van der Waals surface area (Å²) in [5, 5.41) is 13.7. The smallest absolute Gasteiger partial charge is 0.278 e. The minimum Gasteiger partial charge on any atom is -0.360 e. The summed E-state index contributed by atoms with van der Waals surface area (Å²) in [5.41, 5.74) is 3.26. The molecule has 2 N–H and O–H groups in total. The lowest BCUT2D eigenvalue weighted by molar-refractivity contribution is 0.101. The van der Waals surface area contributed by atoms with Gasteiger partial charge in [0.15, 0.2) is 5.69 Å². The number of carbonyl (C=O) groups excluding carboxylic acids is 1. The van der Waals surface area contributed by atoms with Crippen LogP contribution in [0.5, 0.6) is 0 Å². The van der Waals surface area contributed by atoms with Crippen molar-refractivity contribution in [2.24, 2.45) is 0 Å². The standard InChI is InChI=1S/C17H17N5O2/c23-17(15-11-6-2-1-3-8-14(11)24-22-15)20-13-10-19-21-16(13)12-7-4-5-9-18-12/h4-5,7,9-10H,1-3,6,8H2,(H,19,21)(H,20,23). The van der Waals surface area contributed by atoms with Gasteiger partial charge in [0.25, 0.3) is 5.91 Å². The Bertz CT molecular complexity index is 853. The van der Waals surface area contributed by atoms with Crippen LogP contribution in [0.2, 0.25) is 0 Å². The number of carbonyl (C=O) groups is 1. The molecule has 0 bridgehead atoms. The van der Waals surface area contributed by atoms with Gasteiger partial charge < -0.3 is 9.84 Å². The molecule has 0 spiro atoms. The molecule has 0 aromatic carbocycles. The second kappa shape index (κ2) is 6.27. The molecule has 7 nitrogen and oxygen atoms in total. The summed E-state index contributed by atoms with van der Waals surface area (Å²) in [4.78, 5) is 16.9. The van der Waals surface area contributed by atoms with Crippen molar-refractivity contribution in [2.75, 3.05) is 5.32 Å². The molecule has 1 amide bonds. The van der Waals surface area contributed by atoms with E-state index in [2.05, 4.69) is 25.7 Å². The molecule has 4 rings (SSSR count). The molecule has 0 saturated carbocycles. The Hall–Kier alpha value is -2.96. The van der Waals surface area contributed by atoms with E-state index >= 15 is 0 Å². The van der Waals surface area contributed by atoms with Gasteiger partial charge in [0.1, 0.15) is 11.5 Å². The summed E-state index contributed by atoms with van der Waals surface area (Å²) in [7, 11) is 0. The number of hydrogen-bond acceptors (Lipinski definition) is 5. The van der Waals surface area contributed by atoms with E-state index in [1.54, 1.807) is 12.4 Å². The second-order valence-electron chi connectivity index (χ2n) is 5.82. The van der Waals surface area contributed by atoms with Crippen LogP contribution in [0, 0.1) is 0 Å². The SMILES string of the molecule is O=C(Nc1cn[nH]c1-c1ccccn1)c1noc2c1CCCCC2. The number of anilines is 1. The maximum Gasteiger partial charge on any atom is 0.278 e. The zero-order chi connectivity index (χ0) is 16.4. The predicted molar refractivity (Wildman–Crippen MR) is 87.5 cm³/mol. The molecule has 1 aliphatic rings. The van der Waals surface area contributed by atoms with Crippen molar-refractivity contribution in [3.05, 3.63) is 47.6 Å². The van der Waals surface area contributed by atoms with E-state index in [1.165, 1.54) is 0 Å². The highest BCUT2D eigenvalue weighted by Gasteiger charge is 2.24. The Balaban J connectivity index is 1.60. The number of fused-ring (bicyclic) bond motifs is 1. The molecule has 0 unspecified atom stereocenters. The maximum absolute atomic E-state index is 12.6. The molecule has 0 atom stereocenters. The molecule has 3 aromatic heterocycles. The highest BCUT2D eigenvalue weighted by atomic mass is 16.5. The van der Waals surface area contributed by atoms with Crippen molar-refractivity contribution in [1.82, 2.24) is 20.3 Å². The van der Waals surface area contributed by atoms with Crippen LogP contribution in [0.4, 0.5) is 5.69 Å². The second-order valence-corrected chi connectivity index (χ2v) is 5.82. The van der Waals surface area contributed by atoms with E-state index in [-0.39, 0.29) is 5.91 Å². The van der Waals surface area contributed by atoms with E-state index in [4.69, 9.17) is 4.52 Å². The van der Waals surface area contributed by atoms with Crippen LogP contribution in [-0.4, -0.2) is 26.2 Å². The lowest BCUT2D eigenvalue weighted by Crippen LogP contribution is -2.14. The molecule has 0 aliphatic heterocycles. The van der Waals surface area contributed by atoms with Crippen molar-refractivity contribution >= 4 is 11.6 Å². The van der Waals surface area contributed by atoms with Gasteiger partial charge in [-0.2, -0.15) is 5.10 Å². The van der Waals surface area contributed by atoms with Crippen LogP contribution in [0.1, 0.15) is 41.1 Å². The topological polar surface area (TPSA) is 96.7 Å². The third-order valence-electron chi connectivity index (χ3n) is 4.22. The van der Waals surface area contributed by atoms with Crippen LogP contribution < -0.4 is 5.32 Å². The Morgan fingerprint density at radius 1 is 1.21 bits per heavy atom. The van der Waals surface area contributed by atoms with Gasteiger partial charge in [-0.1, -0.05) is 17.6 Å². The van der Waals surface area contributed by atoms with Crippen LogP contribution >= 0.6 is 0 Å².